The maximum Gasteiger partial charge on any atom is 0.408 e. The van der Waals surface area contributed by atoms with Crippen molar-refractivity contribution in [2.75, 3.05) is 13.2 Å². The van der Waals surface area contributed by atoms with Gasteiger partial charge in [-0.05, 0) is 30.5 Å². The second kappa shape index (κ2) is 12.4. The number of carbonyl (C=O) groups is 3. The third-order valence-electron chi connectivity index (χ3n) is 5.46. The second-order valence-corrected chi connectivity index (χ2v) is 7.66. The molecule has 7 heteroatoms. The van der Waals surface area contributed by atoms with E-state index in [0.717, 1.165) is 5.56 Å². The van der Waals surface area contributed by atoms with Gasteiger partial charge in [0.05, 0.1) is 19.3 Å². The molecule has 3 aromatic rings. The van der Waals surface area contributed by atoms with Crippen LogP contribution in [0.1, 0.15) is 36.6 Å². The molecule has 0 bridgehead atoms. The first kappa shape index (κ1) is 25.5. The molecule has 0 saturated heterocycles. The first-order chi connectivity index (χ1) is 17.0. The van der Waals surface area contributed by atoms with Crippen LogP contribution in [0.5, 0.6) is 0 Å². The molecule has 1 N–H and O–H groups in total. The lowest BCUT2D eigenvalue weighted by atomic mass is 9.71. The third-order valence-corrected chi connectivity index (χ3v) is 5.46. The fourth-order valence-electron chi connectivity index (χ4n) is 3.88. The summed E-state index contributed by atoms with van der Waals surface area (Å²) in [4.78, 5) is 40.3. The number of hydrogen-bond donors (Lipinski definition) is 1. The molecule has 1 unspecified atom stereocenters. The van der Waals surface area contributed by atoms with E-state index in [2.05, 4.69) is 5.32 Å². The summed E-state index contributed by atoms with van der Waals surface area (Å²) in [6, 6.07) is 25.2. The van der Waals surface area contributed by atoms with Crippen molar-refractivity contribution < 1.29 is 28.6 Å². The molecule has 0 aliphatic carbocycles. The van der Waals surface area contributed by atoms with E-state index in [9.17, 15) is 14.4 Å². The van der Waals surface area contributed by atoms with Gasteiger partial charge in [-0.2, -0.15) is 0 Å². The largest absolute Gasteiger partial charge is 0.465 e. The summed E-state index contributed by atoms with van der Waals surface area (Å²) < 4.78 is 16.3. The van der Waals surface area contributed by atoms with Gasteiger partial charge in [0, 0.05) is 0 Å². The van der Waals surface area contributed by atoms with Gasteiger partial charge < -0.3 is 19.5 Å². The van der Waals surface area contributed by atoms with Gasteiger partial charge in [-0.3, -0.25) is 9.59 Å². The highest BCUT2D eigenvalue weighted by atomic mass is 16.6. The standard InChI is InChI=1S/C28H29NO6/c1-3-33-25(30)28(26(31)34-4-2,23-18-12-7-13-19-23)24(22-16-10-6-11-17-22)29-27(32)35-20-21-14-8-5-9-15-21/h5-19,24H,3-4,20H2,1-2H3,(H,29,32). The lowest BCUT2D eigenvalue weighted by molar-refractivity contribution is -0.167. The number of amides is 1. The zero-order valence-corrected chi connectivity index (χ0v) is 19.8. The van der Waals surface area contributed by atoms with Crippen LogP contribution in [0.15, 0.2) is 91.0 Å². The monoisotopic (exact) mass is 475 g/mol. The van der Waals surface area contributed by atoms with E-state index in [1.54, 1.807) is 74.5 Å². The summed E-state index contributed by atoms with van der Waals surface area (Å²) in [5.74, 6) is -1.66. The van der Waals surface area contributed by atoms with Crippen molar-refractivity contribution in [2.45, 2.75) is 31.9 Å². The van der Waals surface area contributed by atoms with Crippen molar-refractivity contribution in [3.8, 4) is 0 Å². The predicted molar refractivity (Wildman–Crippen MR) is 130 cm³/mol. The van der Waals surface area contributed by atoms with Crippen LogP contribution in [-0.4, -0.2) is 31.2 Å². The Hall–Kier alpha value is -4.13. The number of benzene rings is 3. The number of nitrogens with one attached hydrogen (secondary N) is 1. The van der Waals surface area contributed by atoms with E-state index < -0.39 is 29.5 Å². The van der Waals surface area contributed by atoms with Crippen LogP contribution in [-0.2, 0) is 35.8 Å². The Labute approximate surface area is 205 Å². The minimum absolute atomic E-state index is 0.0192. The lowest BCUT2D eigenvalue weighted by Gasteiger charge is -2.37. The molecule has 0 saturated carbocycles. The number of hydrogen-bond acceptors (Lipinski definition) is 6. The summed E-state index contributed by atoms with van der Waals surface area (Å²) in [6.07, 6.45) is -0.795. The predicted octanol–water partition coefficient (Wildman–Crippen LogP) is 4.72. The van der Waals surface area contributed by atoms with Gasteiger partial charge in [0.25, 0.3) is 0 Å². The molecule has 1 atom stereocenters. The third kappa shape index (κ3) is 5.87. The number of alkyl carbamates (subject to hydrolysis) is 1. The van der Waals surface area contributed by atoms with E-state index in [1.165, 1.54) is 0 Å². The Morgan fingerprint density at radius 1 is 0.714 bits per heavy atom. The summed E-state index contributed by atoms with van der Waals surface area (Å²) in [6.45, 7) is 3.39. The van der Waals surface area contributed by atoms with Crippen LogP contribution in [0, 0.1) is 0 Å². The first-order valence-corrected chi connectivity index (χ1v) is 11.5. The minimum Gasteiger partial charge on any atom is -0.465 e. The minimum atomic E-state index is -2.01. The highest BCUT2D eigenvalue weighted by molar-refractivity contribution is 6.08. The van der Waals surface area contributed by atoms with Crippen LogP contribution in [0.2, 0.25) is 0 Å². The molecule has 3 rings (SSSR count). The molecular weight excluding hydrogens is 446 g/mol. The average Bonchev–Trinajstić information content (AvgIpc) is 2.89. The van der Waals surface area contributed by atoms with Crippen LogP contribution in [0.3, 0.4) is 0 Å². The molecule has 0 aromatic heterocycles. The van der Waals surface area contributed by atoms with Crippen LogP contribution in [0.25, 0.3) is 0 Å². The number of carbonyl (C=O) groups excluding carboxylic acids is 3. The Morgan fingerprint density at radius 2 is 1.20 bits per heavy atom. The molecule has 0 aliphatic heterocycles. The molecule has 35 heavy (non-hydrogen) atoms. The van der Waals surface area contributed by atoms with Gasteiger partial charge >= 0.3 is 18.0 Å². The zero-order chi connectivity index (χ0) is 25.1. The zero-order valence-electron chi connectivity index (χ0n) is 19.8. The molecule has 0 fully saturated rings. The van der Waals surface area contributed by atoms with Crippen molar-refractivity contribution in [1.82, 2.24) is 5.32 Å². The van der Waals surface area contributed by atoms with Crippen molar-refractivity contribution in [3.63, 3.8) is 0 Å². The number of esters is 2. The summed E-state index contributed by atoms with van der Waals surface area (Å²) in [7, 11) is 0. The molecule has 1 amide bonds. The van der Waals surface area contributed by atoms with Gasteiger partial charge in [-0.1, -0.05) is 91.0 Å². The van der Waals surface area contributed by atoms with Gasteiger partial charge in [0.1, 0.15) is 6.61 Å². The molecule has 0 heterocycles. The maximum absolute atomic E-state index is 13.6. The van der Waals surface area contributed by atoms with E-state index in [-0.39, 0.29) is 19.8 Å². The summed E-state index contributed by atoms with van der Waals surface area (Å²) in [5, 5.41) is 2.76. The van der Waals surface area contributed by atoms with Gasteiger partial charge in [0.2, 0.25) is 5.41 Å². The molecular formula is C28H29NO6. The van der Waals surface area contributed by atoms with E-state index >= 15 is 0 Å². The van der Waals surface area contributed by atoms with Crippen LogP contribution >= 0.6 is 0 Å². The molecule has 182 valence electrons. The highest BCUT2D eigenvalue weighted by Crippen LogP contribution is 2.40. The number of rotatable bonds is 10. The highest BCUT2D eigenvalue weighted by Gasteiger charge is 2.58. The number of ether oxygens (including phenoxy) is 3. The topological polar surface area (TPSA) is 90.9 Å². The summed E-state index contributed by atoms with van der Waals surface area (Å²) >= 11 is 0. The van der Waals surface area contributed by atoms with Crippen molar-refractivity contribution in [3.05, 3.63) is 108 Å². The molecule has 0 radical (unpaired) electrons. The second-order valence-electron chi connectivity index (χ2n) is 7.66. The van der Waals surface area contributed by atoms with E-state index in [1.807, 2.05) is 30.3 Å². The fraction of sp³-hybridized carbons (Fsp3) is 0.250. The molecule has 0 aliphatic rings. The SMILES string of the molecule is CCOC(=O)C(C(=O)OCC)(c1ccccc1)C(NC(=O)OCc1ccccc1)c1ccccc1. The average molecular weight is 476 g/mol. The van der Waals surface area contributed by atoms with Crippen molar-refractivity contribution >= 4 is 18.0 Å². The normalized spacial score (nSPS) is 11.7. The summed E-state index contributed by atoms with van der Waals surface area (Å²) in [5.41, 5.74) is -0.382. The Balaban J connectivity index is 2.11. The van der Waals surface area contributed by atoms with Gasteiger partial charge in [-0.25, -0.2) is 4.79 Å². The molecule has 0 spiro atoms. The lowest BCUT2D eigenvalue weighted by Crippen LogP contribution is -2.56. The Kier molecular flexibility index (Phi) is 9.01. The van der Waals surface area contributed by atoms with E-state index in [0.29, 0.717) is 11.1 Å². The Morgan fingerprint density at radius 3 is 1.71 bits per heavy atom. The van der Waals surface area contributed by atoms with Gasteiger partial charge in [0.15, 0.2) is 0 Å². The Bertz CT molecular complexity index is 1080. The van der Waals surface area contributed by atoms with E-state index in [4.69, 9.17) is 14.2 Å². The molecule has 3 aromatic carbocycles. The smallest absolute Gasteiger partial charge is 0.408 e. The van der Waals surface area contributed by atoms with Crippen LogP contribution in [0.4, 0.5) is 4.79 Å². The maximum atomic E-state index is 13.6. The quantitative estimate of drug-likeness (QED) is 0.259. The van der Waals surface area contributed by atoms with Crippen molar-refractivity contribution in [2.24, 2.45) is 0 Å². The van der Waals surface area contributed by atoms with Crippen molar-refractivity contribution in [1.29, 1.82) is 0 Å². The van der Waals surface area contributed by atoms with Gasteiger partial charge in [-0.15, -0.1) is 0 Å². The first-order valence-electron chi connectivity index (χ1n) is 11.5. The fourth-order valence-corrected chi connectivity index (χ4v) is 3.88. The molecule has 7 nitrogen and oxygen atoms in total. The van der Waals surface area contributed by atoms with Crippen LogP contribution < -0.4 is 5.32 Å².